The van der Waals surface area contributed by atoms with Crippen molar-refractivity contribution in [3.05, 3.63) is 23.4 Å². The maximum Gasteiger partial charge on any atom is 0.339 e. The number of rotatable bonds is 5. The highest BCUT2D eigenvalue weighted by Gasteiger charge is 2.21. The monoisotopic (exact) mass is 220 g/mol. The third kappa shape index (κ3) is 2.51. The summed E-state index contributed by atoms with van der Waals surface area (Å²) < 4.78 is 0. The second kappa shape index (κ2) is 4.51. The van der Waals surface area contributed by atoms with E-state index in [1.807, 2.05) is 0 Å². The number of carboxylic acid groups (broad SMARTS) is 1. The molecule has 86 valence electrons. The maximum atomic E-state index is 11.1. The molecule has 0 radical (unpaired) electrons. The summed E-state index contributed by atoms with van der Waals surface area (Å²) >= 11 is 0. The fourth-order valence-electron chi connectivity index (χ4n) is 1.76. The SMILES string of the molecule is Cc1ccnc(NCCC2CC2)c1C(=O)O. The van der Waals surface area contributed by atoms with Gasteiger partial charge in [-0.2, -0.15) is 0 Å². The van der Waals surface area contributed by atoms with Crippen LogP contribution in [0.1, 0.15) is 35.2 Å². The van der Waals surface area contributed by atoms with Gasteiger partial charge in [0.05, 0.1) is 0 Å². The first-order valence-corrected chi connectivity index (χ1v) is 5.61. The molecule has 1 aliphatic rings. The van der Waals surface area contributed by atoms with Gasteiger partial charge in [0.2, 0.25) is 0 Å². The lowest BCUT2D eigenvalue weighted by atomic mass is 10.1. The van der Waals surface area contributed by atoms with E-state index in [0.717, 1.165) is 24.4 Å². The van der Waals surface area contributed by atoms with E-state index in [-0.39, 0.29) is 0 Å². The van der Waals surface area contributed by atoms with Gasteiger partial charge >= 0.3 is 5.97 Å². The highest BCUT2D eigenvalue weighted by molar-refractivity contribution is 5.94. The molecule has 0 atom stereocenters. The smallest absolute Gasteiger partial charge is 0.339 e. The maximum absolute atomic E-state index is 11.1. The number of pyridine rings is 1. The molecule has 16 heavy (non-hydrogen) atoms. The van der Waals surface area contributed by atoms with Crippen molar-refractivity contribution < 1.29 is 9.90 Å². The van der Waals surface area contributed by atoms with Crippen LogP contribution in [0.5, 0.6) is 0 Å². The highest BCUT2D eigenvalue weighted by atomic mass is 16.4. The lowest BCUT2D eigenvalue weighted by Crippen LogP contribution is -2.11. The Morgan fingerprint density at radius 3 is 3.00 bits per heavy atom. The van der Waals surface area contributed by atoms with Crippen molar-refractivity contribution in [1.82, 2.24) is 4.98 Å². The van der Waals surface area contributed by atoms with Crippen molar-refractivity contribution >= 4 is 11.8 Å². The quantitative estimate of drug-likeness (QED) is 0.799. The third-order valence-corrected chi connectivity index (χ3v) is 2.92. The van der Waals surface area contributed by atoms with E-state index >= 15 is 0 Å². The van der Waals surface area contributed by atoms with E-state index < -0.39 is 5.97 Å². The largest absolute Gasteiger partial charge is 0.478 e. The average Bonchev–Trinajstić information content (AvgIpc) is 3.01. The molecule has 0 saturated heterocycles. The van der Waals surface area contributed by atoms with E-state index in [1.54, 1.807) is 19.2 Å². The number of nitrogens with one attached hydrogen (secondary N) is 1. The van der Waals surface area contributed by atoms with Gasteiger partial charge in [0.1, 0.15) is 11.4 Å². The lowest BCUT2D eigenvalue weighted by Gasteiger charge is -2.09. The van der Waals surface area contributed by atoms with Crippen LogP contribution in [0.4, 0.5) is 5.82 Å². The Morgan fingerprint density at radius 1 is 1.62 bits per heavy atom. The highest BCUT2D eigenvalue weighted by Crippen LogP contribution is 2.32. The van der Waals surface area contributed by atoms with Crippen LogP contribution in [0.25, 0.3) is 0 Å². The van der Waals surface area contributed by atoms with Crippen molar-refractivity contribution in [2.75, 3.05) is 11.9 Å². The van der Waals surface area contributed by atoms with E-state index in [9.17, 15) is 4.79 Å². The molecule has 0 aliphatic heterocycles. The van der Waals surface area contributed by atoms with Crippen molar-refractivity contribution in [2.24, 2.45) is 5.92 Å². The average molecular weight is 220 g/mol. The Bertz CT molecular complexity index is 400. The Kier molecular flexibility index (Phi) is 3.08. The van der Waals surface area contributed by atoms with Crippen LogP contribution in [-0.4, -0.2) is 22.6 Å². The standard InChI is InChI=1S/C12H16N2O2/c1-8-4-6-13-11(10(8)12(15)16)14-7-5-9-2-3-9/h4,6,9H,2-3,5,7H2,1H3,(H,13,14)(H,15,16). The Balaban J connectivity index is 2.05. The molecule has 0 bridgehead atoms. The Hall–Kier alpha value is -1.58. The summed E-state index contributed by atoms with van der Waals surface area (Å²) in [6.07, 6.45) is 5.37. The van der Waals surface area contributed by atoms with Gasteiger partial charge in [0, 0.05) is 12.7 Å². The van der Waals surface area contributed by atoms with Gasteiger partial charge in [-0.25, -0.2) is 9.78 Å². The molecule has 1 fully saturated rings. The van der Waals surface area contributed by atoms with Crippen LogP contribution in [0.15, 0.2) is 12.3 Å². The molecule has 2 N–H and O–H groups in total. The van der Waals surface area contributed by atoms with Crippen LogP contribution in [0.3, 0.4) is 0 Å². The first-order chi connectivity index (χ1) is 7.68. The molecule has 0 spiro atoms. The van der Waals surface area contributed by atoms with E-state index in [4.69, 9.17) is 5.11 Å². The van der Waals surface area contributed by atoms with E-state index in [1.165, 1.54) is 12.8 Å². The number of aromatic nitrogens is 1. The lowest BCUT2D eigenvalue weighted by molar-refractivity contribution is 0.0697. The number of hydrogen-bond acceptors (Lipinski definition) is 3. The Morgan fingerprint density at radius 2 is 2.38 bits per heavy atom. The molecule has 4 nitrogen and oxygen atoms in total. The first-order valence-electron chi connectivity index (χ1n) is 5.61. The number of hydrogen-bond donors (Lipinski definition) is 2. The predicted molar refractivity (Wildman–Crippen MR) is 61.8 cm³/mol. The van der Waals surface area contributed by atoms with E-state index in [0.29, 0.717) is 11.4 Å². The Labute approximate surface area is 94.7 Å². The summed E-state index contributed by atoms with van der Waals surface area (Å²) in [5, 5.41) is 12.2. The minimum absolute atomic E-state index is 0.290. The zero-order chi connectivity index (χ0) is 11.5. The van der Waals surface area contributed by atoms with Crippen LogP contribution in [0.2, 0.25) is 0 Å². The van der Waals surface area contributed by atoms with Crippen molar-refractivity contribution in [3.63, 3.8) is 0 Å². The van der Waals surface area contributed by atoms with Crippen molar-refractivity contribution in [2.45, 2.75) is 26.2 Å². The summed E-state index contributed by atoms with van der Waals surface area (Å²) in [4.78, 5) is 15.2. The first kappa shape index (κ1) is 10.9. The van der Waals surface area contributed by atoms with Gasteiger partial charge in [-0.1, -0.05) is 12.8 Å². The van der Waals surface area contributed by atoms with Crippen molar-refractivity contribution in [3.8, 4) is 0 Å². The van der Waals surface area contributed by atoms with Crippen LogP contribution >= 0.6 is 0 Å². The zero-order valence-electron chi connectivity index (χ0n) is 9.36. The number of aromatic carboxylic acids is 1. The minimum Gasteiger partial charge on any atom is -0.478 e. The van der Waals surface area contributed by atoms with Gasteiger partial charge in [0.15, 0.2) is 0 Å². The fourth-order valence-corrected chi connectivity index (χ4v) is 1.76. The molecule has 1 heterocycles. The van der Waals surface area contributed by atoms with E-state index in [2.05, 4.69) is 10.3 Å². The van der Waals surface area contributed by atoms with Crippen LogP contribution in [0, 0.1) is 12.8 Å². The molecule has 4 heteroatoms. The summed E-state index contributed by atoms with van der Waals surface area (Å²) in [7, 11) is 0. The molecule has 1 aromatic heterocycles. The third-order valence-electron chi connectivity index (χ3n) is 2.92. The number of aryl methyl sites for hydroxylation is 1. The van der Waals surface area contributed by atoms with Gasteiger partial charge in [-0.05, 0) is 30.9 Å². The van der Waals surface area contributed by atoms with Gasteiger partial charge in [-0.15, -0.1) is 0 Å². The predicted octanol–water partition coefficient (Wildman–Crippen LogP) is 2.30. The second-order valence-corrected chi connectivity index (χ2v) is 4.32. The van der Waals surface area contributed by atoms with Gasteiger partial charge in [-0.3, -0.25) is 0 Å². The number of carboxylic acids is 1. The second-order valence-electron chi connectivity index (χ2n) is 4.32. The molecule has 1 saturated carbocycles. The summed E-state index contributed by atoms with van der Waals surface area (Å²) in [5.41, 5.74) is 1.04. The summed E-state index contributed by atoms with van der Waals surface area (Å²) in [6.45, 7) is 2.60. The van der Waals surface area contributed by atoms with Crippen LogP contribution in [-0.2, 0) is 0 Å². The van der Waals surface area contributed by atoms with Crippen molar-refractivity contribution in [1.29, 1.82) is 0 Å². The number of anilines is 1. The van der Waals surface area contributed by atoms with Crippen LogP contribution < -0.4 is 5.32 Å². The normalized spacial score (nSPS) is 14.8. The van der Waals surface area contributed by atoms with Gasteiger partial charge in [0.25, 0.3) is 0 Å². The topological polar surface area (TPSA) is 62.2 Å². The number of carbonyl (C=O) groups is 1. The minimum atomic E-state index is -0.917. The summed E-state index contributed by atoms with van der Waals surface area (Å²) in [5.74, 6) is 0.415. The molecular formula is C12H16N2O2. The van der Waals surface area contributed by atoms with Gasteiger partial charge < -0.3 is 10.4 Å². The molecule has 0 unspecified atom stereocenters. The molecule has 1 aliphatic carbocycles. The summed E-state index contributed by atoms with van der Waals surface area (Å²) in [6, 6.07) is 1.72. The molecule has 0 aromatic carbocycles. The molecule has 2 rings (SSSR count). The number of nitrogens with zero attached hydrogens (tertiary/aromatic N) is 1. The molecule has 0 amide bonds. The fraction of sp³-hybridized carbons (Fsp3) is 0.500. The molecular weight excluding hydrogens is 204 g/mol. The molecule has 1 aromatic rings. The zero-order valence-corrected chi connectivity index (χ0v) is 9.36.